The van der Waals surface area contributed by atoms with Crippen LogP contribution in [0.4, 0.5) is 11.5 Å². The number of nitrogens with zero attached hydrogens (tertiary/aromatic N) is 1. The molecule has 0 unspecified atom stereocenters. The van der Waals surface area contributed by atoms with Gasteiger partial charge in [-0.15, -0.1) is 0 Å². The largest absolute Gasteiger partial charge is 0.396 e. The number of hydrogen-bond acceptors (Lipinski definition) is 5. The van der Waals surface area contributed by atoms with E-state index in [0.717, 1.165) is 4.47 Å². The minimum Gasteiger partial charge on any atom is -0.396 e. The monoisotopic (exact) mass is 302 g/mol. The van der Waals surface area contributed by atoms with Crippen LogP contribution in [0.25, 0.3) is 0 Å². The number of nitrogens with two attached hydrogens (primary N) is 1. The van der Waals surface area contributed by atoms with Crippen LogP contribution in [0, 0.1) is 0 Å². The van der Waals surface area contributed by atoms with Crippen LogP contribution < -0.4 is 16.4 Å². The highest BCUT2D eigenvalue weighted by Crippen LogP contribution is 2.19. The second-order valence-corrected chi connectivity index (χ2v) is 4.20. The Hall–Kier alpha value is -1.34. The molecule has 0 bridgehead atoms. The van der Waals surface area contributed by atoms with Crippen LogP contribution >= 0.6 is 15.9 Å². The number of halogens is 1. The van der Waals surface area contributed by atoms with E-state index in [0.29, 0.717) is 24.7 Å². The molecule has 0 radical (unpaired) electrons. The molecule has 1 heterocycles. The Labute approximate surface area is 108 Å². The van der Waals surface area contributed by atoms with Crippen molar-refractivity contribution in [3.05, 3.63) is 16.7 Å². The second-order valence-electron chi connectivity index (χ2n) is 3.29. The van der Waals surface area contributed by atoms with Crippen molar-refractivity contribution in [2.24, 2.45) is 0 Å². The van der Waals surface area contributed by atoms with Crippen LogP contribution in [-0.4, -0.2) is 37.7 Å². The summed E-state index contributed by atoms with van der Waals surface area (Å²) in [6, 6.07) is 1.72. The molecule has 1 rings (SSSR count). The zero-order chi connectivity index (χ0) is 12.7. The van der Waals surface area contributed by atoms with Gasteiger partial charge in [0.15, 0.2) is 0 Å². The summed E-state index contributed by atoms with van der Waals surface area (Å²) in [4.78, 5) is 15.4. The van der Waals surface area contributed by atoms with E-state index in [2.05, 4.69) is 31.5 Å². The summed E-state index contributed by atoms with van der Waals surface area (Å²) in [5.74, 6) is 0.362. The van der Waals surface area contributed by atoms with Crippen LogP contribution in [0.3, 0.4) is 0 Å². The molecule has 1 aromatic rings. The van der Waals surface area contributed by atoms with E-state index in [4.69, 9.17) is 10.5 Å². The molecule has 1 amide bonds. The smallest absolute Gasteiger partial charge is 0.239 e. The van der Waals surface area contributed by atoms with Gasteiger partial charge < -0.3 is 21.1 Å². The maximum atomic E-state index is 11.4. The molecule has 0 aliphatic carbocycles. The number of hydrogen-bond donors (Lipinski definition) is 3. The molecule has 1 aromatic heterocycles. The first-order valence-electron chi connectivity index (χ1n) is 5.04. The van der Waals surface area contributed by atoms with E-state index in [1.165, 1.54) is 0 Å². The number of nitrogens with one attached hydrogen (secondary N) is 2. The van der Waals surface area contributed by atoms with Gasteiger partial charge in [-0.2, -0.15) is 0 Å². The lowest BCUT2D eigenvalue weighted by Gasteiger charge is -2.08. The number of methoxy groups -OCH3 is 1. The highest BCUT2D eigenvalue weighted by atomic mass is 79.9. The number of rotatable bonds is 6. The van der Waals surface area contributed by atoms with Gasteiger partial charge in [0.05, 0.1) is 18.8 Å². The Morgan fingerprint density at radius 1 is 1.65 bits per heavy atom. The van der Waals surface area contributed by atoms with Crippen molar-refractivity contribution >= 4 is 33.3 Å². The molecule has 17 heavy (non-hydrogen) atoms. The number of carbonyl (C=O) groups excluding carboxylic acids is 1. The lowest BCUT2D eigenvalue weighted by Crippen LogP contribution is -2.32. The highest BCUT2D eigenvalue weighted by Gasteiger charge is 2.04. The van der Waals surface area contributed by atoms with Crippen LogP contribution in [0.15, 0.2) is 16.7 Å². The summed E-state index contributed by atoms with van der Waals surface area (Å²) in [6.45, 7) is 1.10. The predicted octanol–water partition coefficient (Wildman–Crippen LogP) is 0.601. The number of ether oxygens (including phenoxy) is 1. The molecule has 0 spiro atoms. The number of nitrogen functional groups attached to an aromatic ring is 1. The number of amides is 1. The molecule has 0 aliphatic heterocycles. The van der Waals surface area contributed by atoms with Gasteiger partial charge in [0.25, 0.3) is 0 Å². The molecular weight excluding hydrogens is 288 g/mol. The van der Waals surface area contributed by atoms with Crippen molar-refractivity contribution in [1.29, 1.82) is 0 Å². The SMILES string of the molecule is COCCNC(=O)CNc1ncc(Br)cc1N. The van der Waals surface area contributed by atoms with Gasteiger partial charge in [0.1, 0.15) is 5.82 Å². The summed E-state index contributed by atoms with van der Waals surface area (Å²) < 4.78 is 5.61. The van der Waals surface area contributed by atoms with E-state index in [9.17, 15) is 4.79 Å². The molecule has 0 atom stereocenters. The Bertz CT molecular complexity index is 387. The molecule has 0 fully saturated rings. The van der Waals surface area contributed by atoms with E-state index in [1.807, 2.05) is 0 Å². The summed E-state index contributed by atoms with van der Waals surface area (Å²) in [5.41, 5.74) is 6.21. The number of aromatic nitrogens is 1. The molecule has 7 heteroatoms. The summed E-state index contributed by atoms with van der Waals surface area (Å²) in [5, 5.41) is 5.54. The van der Waals surface area contributed by atoms with Crippen molar-refractivity contribution in [3.63, 3.8) is 0 Å². The van der Waals surface area contributed by atoms with Crippen molar-refractivity contribution in [1.82, 2.24) is 10.3 Å². The van der Waals surface area contributed by atoms with Gasteiger partial charge in [-0.3, -0.25) is 4.79 Å². The van der Waals surface area contributed by atoms with Crippen LogP contribution in [-0.2, 0) is 9.53 Å². The maximum absolute atomic E-state index is 11.4. The van der Waals surface area contributed by atoms with E-state index >= 15 is 0 Å². The van der Waals surface area contributed by atoms with Crippen LogP contribution in [0.1, 0.15) is 0 Å². The first-order valence-corrected chi connectivity index (χ1v) is 5.83. The van der Waals surface area contributed by atoms with Crippen molar-refractivity contribution in [2.45, 2.75) is 0 Å². The van der Waals surface area contributed by atoms with E-state index in [1.54, 1.807) is 19.4 Å². The molecular formula is C10H15BrN4O2. The minimum atomic E-state index is -0.133. The number of pyridine rings is 1. The third-order valence-corrected chi connectivity index (χ3v) is 2.36. The lowest BCUT2D eigenvalue weighted by molar-refractivity contribution is -0.119. The second kappa shape index (κ2) is 7.08. The number of carbonyl (C=O) groups is 1. The highest BCUT2D eigenvalue weighted by molar-refractivity contribution is 9.10. The molecule has 0 saturated carbocycles. The Kier molecular flexibility index (Phi) is 5.71. The quantitative estimate of drug-likeness (QED) is 0.670. The fourth-order valence-electron chi connectivity index (χ4n) is 1.12. The zero-order valence-corrected chi connectivity index (χ0v) is 11.1. The van der Waals surface area contributed by atoms with Crippen molar-refractivity contribution in [2.75, 3.05) is 37.9 Å². The standard InChI is InChI=1S/C10H15BrN4O2/c1-17-3-2-13-9(16)6-15-10-8(12)4-7(11)5-14-10/h4-5H,2-3,6,12H2,1H3,(H,13,16)(H,14,15). The first-order chi connectivity index (χ1) is 8.13. The summed E-state index contributed by atoms with van der Waals surface area (Å²) in [7, 11) is 1.58. The van der Waals surface area contributed by atoms with E-state index in [-0.39, 0.29) is 12.5 Å². The fourth-order valence-corrected chi connectivity index (χ4v) is 1.47. The van der Waals surface area contributed by atoms with Crippen LogP contribution in [0.2, 0.25) is 0 Å². The average Bonchev–Trinajstić information content (AvgIpc) is 2.28. The topological polar surface area (TPSA) is 89.3 Å². The fraction of sp³-hybridized carbons (Fsp3) is 0.400. The lowest BCUT2D eigenvalue weighted by atomic mass is 10.4. The first kappa shape index (κ1) is 13.7. The normalized spacial score (nSPS) is 10.0. The Balaban J connectivity index is 2.37. The molecule has 0 saturated heterocycles. The zero-order valence-electron chi connectivity index (χ0n) is 9.50. The van der Waals surface area contributed by atoms with Crippen molar-refractivity contribution in [3.8, 4) is 0 Å². The number of anilines is 2. The maximum Gasteiger partial charge on any atom is 0.239 e. The van der Waals surface area contributed by atoms with Gasteiger partial charge in [0.2, 0.25) is 5.91 Å². The van der Waals surface area contributed by atoms with Gasteiger partial charge in [-0.25, -0.2) is 4.98 Å². The van der Waals surface area contributed by atoms with Crippen LogP contribution in [0.5, 0.6) is 0 Å². The van der Waals surface area contributed by atoms with E-state index < -0.39 is 0 Å². The van der Waals surface area contributed by atoms with Gasteiger partial charge in [0, 0.05) is 24.3 Å². The van der Waals surface area contributed by atoms with Gasteiger partial charge >= 0.3 is 0 Å². The van der Waals surface area contributed by atoms with Crippen molar-refractivity contribution < 1.29 is 9.53 Å². The third kappa shape index (κ3) is 5.01. The Morgan fingerprint density at radius 3 is 3.06 bits per heavy atom. The van der Waals surface area contributed by atoms with Gasteiger partial charge in [-0.05, 0) is 22.0 Å². The average molecular weight is 303 g/mol. The minimum absolute atomic E-state index is 0.128. The molecule has 4 N–H and O–H groups in total. The molecule has 6 nitrogen and oxygen atoms in total. The Morgan fingerprint density at radius 2 is 2.41 bits per heavy atom. The molecule has 94 valence electrons. The molecule has 0 aromatic carbocycles. The summed E-state index contributed by atoms with van der Waals surface area (Å²) >= 11 is 3.25. The molecule has 0 aliphatic rings. The van der Waals surface area contributed by atoms with Gasteiger partial charge in [-0.1, -0.05) is 0 Å². The summed E-state index contributed by atoms with van der Waals surface area (Å²) in [6.07, 6.45) is 1.61. The third-order valence-electron chi connectivity index (χ3n) is 1.93. The predicted molar refractivity (Wildman–Crippen MR) is 69.7 cm³/mol.